The van der Waals surface area contributed by atoms with E-state index in [4.69, 9.17) is 0 Å². The lowest BCUT2D eigenvalue weighted by molar-refractivity contribution is 1.51. The molecule has 0 amide bonds. The number of hydrogen-bond donors (Lipinski definition) is 0. The maximum atomic E-state index is 2.17. The third kappa shape index (κ3) is 4.56. The van der Waals surface area contributed by atoms with E-state index in [2.05, 4.69) is 20.1 Å². The highest BCUT2D eigenvalue weighted by Crippen LogP contribution is 2.27. The Morgan fingerprint density at radius 2 is 2.14 bits per heavy atom. The number of thioether (sulfide) groups is 2. The summed E-state index contributed by atoms with van der Waals surface area (Å²) in [7, 11) is 0. The monoisotopic (exact) mass is 135 g/mol. The van der Waals surface area contributed by atoms with E-state index >= 15 is 0 Å². The van der Waals surface area contributed by atoms with E-state index in [1.807, 2.05) is 23.5 Å². The van der Waals surface area contributed by atoms with Crippen LogP contribution in [0.2, 0.25) is 0 Å². The van der Waals surface area contributed by atoms with Crippen LogP contribution in [0.5, 0.6) is 0 Å². The highest BCUT2D eigenvalue weighted by atomic mass is 32.2. The van der Waals surface area contributed by atoms with Crippen LogP contribution in [0.15, 0.2) is 0 Å². The molecule has 0 aliphatic carbocycles. The van der Waals surface area contributed by atoms with Gasteiger partial charge in [0.2, 0.25) is 0 Å². The van der Waals surface area contributed by atoms with Crippen LogP contribution in [-0.4, -0.2) is 12.0 Å². The van der Waals surface area contributed by atoms with Crippen LogP contribution < -0.4 is 0 Å². The Balaban J connectivity index is 2.83. The standard InChI is InChI=1S/C5H11S2/c1-4-7-5(2)6-3/h4H2,1-3H3. The molecule has 0 aliphatic heterocycles. The van der Waals surface area contributed by atoms with E-state index in [-0.39, 0.29) is 0 Å². The summed E-state index contributed by atoms with van der Waals surface area (Å²) in [5.74, 6) is 1.20. The lowest BCUT2D eigenvalue weighted by Gasteiger charge is -2.00. The van der Waals surface area contributed by atoms with Crippen molar-refractivity contribution in [2.45, 2.75) is 13.8 Å². The first-order valence-corrected chi connectivity index (χ1v) is 4.52. The van der Waals surface area contributed by atoms with Gasteiger partial charge in [0.15, 0.2) is 0 Å². The number of hydrogen-bond acceptors (Lipinski definition) is 2. The molecule has 7 heavy (non-hydrogen) atoms. The first-order valence-electron chi connectivity index (χ1n) is 2.31. The molecular formula is C5H11S2. The molecule has 0 heterocycles. The summed E-state index contributed by atoms with van der Waals surface area (Å²) in [4.78, 5) is 0. The molecule has 0 nitrogen and oxygen atoms in total. The van der Waals surface area contributed by atoms with Crippen LogP contribution in [0.4, 0.5) is 0 Å². The van der Waals surface area contributed by atoms with Crippen molar-refractivity contribution in [2.75, 3.05) is 12.0 Å². The predicted molar refractivity (Wildman–Crippen MR) is 40.6 cm³/mol. The minimum atomic E-state index is 1.20. The Bertz CT molecular complexity index is 37.1. The van der Waals surface area contributed by atoms with Gasteiger partial charge in [-0.05, 0) is 18.9 Å². The average Bonchev–Trinajstić information content (AvgIpc) is 1.68. The summed E-state index contributed by atoms with van der Waals surface area (Å²) in [6, 6.07) is 0. The molecule has 0 saturated carbocycles. The van der Waals surface area contributed by atoms with Crippen molar-refractivity contribution in [1.29, 1.82) is 0 Å². The maximum Gasteiger partial charge on any atom is 0.0814 e. The van der Waals surface area contributed by atoms with Gasteiger partial charge in [0.25, 0.3) is 0 Å². The second kappa shape index (κ2) is 4.85. The number of rotatable bonds is 3. The summed E-state index contributed by atoms with van der Waals surface area (Å²) < 4.78 is 1.46. The molecule has 0 saturated heterocycles. The zero-order valence-corrected chi connectivity index (χ0v) is 6.66. The fourth-order valence-electron chi connectivity index (χ4n) is 0.262. The van der Waals surface area contributed by atoms with E-state index in [1.165, 1.54) is 10.3 Å². The summed E-state index contributed by atoms with van der Waals surface area (Å²) in [6.45, 7) is 4.32. The van der Waals surface area contributed by atoms with Crippen LogP contribution >= 0.6 is 23.5 Å². The summed E-state index contributed by atoms with van der Waals surface area (Å²) >= 11 is 3.74. The van der Waals surface area contributed by atoms with Gasteiger partial charge in [-0.1, -0.05) is 6.92 Å². The third-order valence-electron chi connectivity index (χ3n) is 0.635. The molecule has 0 spiro atoms. The van der Waals surface area contributed by atoms with Gasteiger partial charge in [0.05, 0.1) is 4.58 Å². The fraction of sp³-hybridized carbons (Fsp3) is 0.800. The Labute approximate surface area is 54.4 Å². The molecule has 43 valence electrons. The summed E-state index contributed by atoms with van der Waals surface area (Å²) in [6.07, 6.45) is 2.11. The Kier molecular flexibility index (Phi) is 5.33. The predicted octanol–water partition coefficient (Wildman–Crippen LogP) is 2.61. The second-order valence-electron chi connectivity index (χ2n) is 1.13. The molecule has 0 fully saturated rings. The highest BCUT2D eigenvalue weighted by Gasteiger charge is 1.94. The molecule has 0 atom stereocenters. The van der Waals surface area contributed by atoms with E-state index in [0.717, 1.165) is 0 Å². The molecule has 0 aromatic rings. The molecule has 1 radical (unpaired) electrons. The van der Waals surface area contributed by atoms with Crippen LogP contribution in [0.1, 0.15) is 13.8 Å². The van der Waals surface area contributed by atoms with E-state index in [1.54, 1.807) is 0 Å². The van der Waals surface area contributed by atoms with E-state index < -0.39 is 0 Å². The maximum absolute atomic E-state index is 2.17. The SMILES string of the molecule is CCS[C](C)SC. The minimum absolute atomic E-state index is 1.20. The van der Waals surface area contributed by atoms with Gasteiger partial charge in [0, 0.05) is 0 Å². The van der Waals surface area contributed by atoms with Crippen molar-refractivity contribution in [1.82, 2.24) is 0 Å². The zero-order valence-electron chi connectivity index (χ0n) is 5.02. The highest BCUT2D eigenvalue weighted by molar-refractivity contribution is 8.20. The van der Waals surface area contributed by atoms with E-state index in [9.17, 15) is 0 Å². The largest absolute Gasteiger partial charge is 0.146 e. The normalized spacial score (nSPS) is 10.3. The van der Waals surface area contributed by atoms with Gasteiger partial charge in [0.1, 0.15) is 0 Å². The Morgan fingerprint density at radius 3 is 2.29 bits per heavy atom. The lowest BCUT2D eigenvalue weighted by atomic mass is 10.9. The molecule has 0 bridgehead atoms. The zero-order chi connectivity index (χ0) is 5.70. The van der Waals surface area contributed by atoms with E-state index in [0.29, 0.717) is 0 Å². The second-order valence-corrected chi connectivity index (χ2v) is 3.89. The summed E-state index contributed by atoms with van der Waals surface area (Å²) in [5.41, 5.74) is 0. The molecule has 2 heteroatoms. The minimum Gasteiger partial charge on any atom is -0.146 e. The van der Waals surface area contributed by atoms with Crippen LogP contribution in [0, 0.1) is 4.58 Å². The fourth-order valence-corrected chi connectivity index (χ4v) is 1.49. The summed E-state index contributed by atoms with van der Waals surface area (Å²) in [5, 5.41) is 0. The van der Waals surface area contributed by atoms with Gasteiger partial charge < -0.3 is 0 Å². The van der Waals surface area contributed by atoms with Crippen molar-refractivity contribution in [3.8, 4) is 0 Å². The molecule has 0 unspecified atom stereocenters. The average molecular weight is 135 g/mol. The smallest absolute Gasteiger partial charge is 0.0814 e. The van der Waals surface area contributed by atoms with Crippen molar-refractivity contribution < 1.29 is 0 Å². The van der Waals surface area contributed by atoms with Crippen molar-refractivity contribution in [2.24, 2.45) is 0 Å². The van der Waals surface area contributed by atoms with Crippen molar-refractivity contribution in [3.05, 3.63) is 4.58 Å². The van der Waals surface area contributed by atoms with Gasteiger partial charge in [-0.3, -0.25) is 0 Å². The third-order valence-corrected chi connectivity index (χ3v) is 2.76. The van der Waals surface area contributed by atoms with Crippen molar-refractivity contribution in [3.63, 3.8) is 0 Å². The molecule has 0 aromatic carbocycles. The lowest BCUT2D eigenvalue weighted by Crippen LogP contribution is -1.74. The van der Waals surface area contributed by atoms with Crippen LogP contribution in [0.3, 0.4) is 0 Å². The molecule has 0 rings (SSSR count). The Morgan fingerprint density at radius 1 is 1.57 bits per heavy atom. The van der Waals surface area contributed by atoms with Crippen LogP contribution in [0.25, 0.3) is 0 Å². The molecular weight excluding hydrogens is 124 g/mol. The topological polar surface area (TPSA) is 0 Å². The van der Waals surface area contributed by atoms with Crippen LogP contribution in [-0.2, 0) is 0 Å². The first-order chi connectivity index (χ1) is 3.31. The molecule has 0 N–H and O–H groups in total. The van der Waals surface area contributed by atoms with Gasteiger partial charge in [-0.2, -0.15) is 0 Å². The molecule has 0 aliphatic rings. The first kappa shape index (κ1) is 7.70. The molecule has 0 aromatic heterocycles. The van der Waals surface area contributed by atoms with Gasteiger partial charge in [-0.15, -0.1) is 23.5 Å². The van der Waals surface area contributed by atoms with Crippen molar-refractivity contribution >= 4 is 23.5 Å². The van der Waals surface area contributed by atoms with Gasteiger partial charge in [-0.25, -0.2) is 0 Å². The Hall–Kier alpha value is 0.700. The van der Waals surface area contributed by atoms with Gasteiger partial charge >= 0.3 is 0 Å². The quantitative estimate of drug-likeness (QED) is 0.583.